The highest BCUT2D eigenvalue weighted by Gasteiger charge is 2.38. The van der Waals surface area contributed by atoms with Gasteiger partial charge in [0.15, 0.2) is 11.5 Å². The lowest BCUT2D eigenvalue weighted by Crippen LogP contribution is -2.25. The molecule has 0 aliphatic carbocycles. The highest BCUT2D eigenvalue weighted by molar-refractivity contribution is 7.48. The smallest absolute Gasteiger partial charge is 0.382 e. The number of anilines is 1. The molecule has 146 valence electrons. The van der Waals surface area contributed by atoms with Crippen molar-refractivity contribution in [3.63, 3.8) is 0 Å². The first-order valence-electron chi connectivity index (χ1n) is 8.08. The summed E-state index contributed by atoms with van der Waals surface area (Å²) in [5.41, 5.74) is 15.6. The molecule has 0 saturated carbocycles. The molecular formula is C13H19N8O5P. The lowest BCUT2D eigenvalue weighted by atomic mass is 10.1. The Morgan fingerprint density at radius 3 is 3.00 bits per heavy atom. The number of imidazole rings is 1. The Morgan fingerprint density at radius 1 is 1.48 bits per heavy atom. The van der Waals surface area contributed by atoms with Crippen molar-refractivity contribution in [1.29, 1.82) is 0 Å². The van der Waals surface area contributed by atoms with Crippen LogP contribution >= 0.6 is 7.82 Å². The molecule has 13 nitrogen and oxygen atoms in total. The fraction of sp³-hybridized carbons (Fsp3) is 0.615. The van der Waals surface area contributed by atoms with Crippen LogP contribution in [0.3, 0.4) is 0 Å². The minimum absolute atomic E-state index is 0.144. The van der Waals surface area contributed by atoms with Gasteiger partial charge in [-0.1, -0.05) is 5.11 Å². The van der Waals surface area contributed by atoms with Crippen LogP contribution in [0.5, 0.6) is 0 Å². The van der Waals surface area contributed by atoms with Crippen LogP contribution in [0, 0.1) is 0 Å². The first-order valence-corrected chi connectivity index (χ1v) is 9.55. The topological polar surface area (TPSA) is 172 Å². The van der Waals surface area contributed by atoms with Crippen LogP contribution in [0.2, 0.25) is 0 Å². The molecular weight excluding hydrogens is 379 g/mol. The molecule has 1 fully saturated rings. The fourth-order valence-corrected chi connectivity index (χ4v) is 3.70. The number of phosphoric ester groups is 1. The van der Waals surface area contributed by atoms with E-state index in [-0.39, 0.29) is 19.0 Å². The van der Waals surface area contributed by atoms with Crippen molar-refractivity contribution >= 4 is 24.8 Å². The van der Waals surface area contributed by atoms with Crippen LogP contribution in [0.25, 0.3) is 21.6 Å². The second-order valence-electron chi connectivity index (χ2n) is 5.56. The second kappa shape index (κ2) is 8.17. The molecule has 0 amide bonds. The lowest BCUT2D eigenvalue weighted by Gasteiger charge is -2.19. The number of aromatic nitrogens is 4. The van der Waals surface area contributed by atoms with Crippen LogP contribution in [-0.4, -0.2) is 52.0 Å². The Bertz CT molecular complexity index is 900. The first-order chi connectivity index (χ1) is 13.0. The van der Waals surface area contributed by atoms with Crippen LogP contribution in [-0.2, 0) is 22.9 Å². The molecule has 2 aromatic rings. The van der Waals surface area contributed by atoms with Gasteiger partial charge in [-0.2, -0.15) is 0 Å². The third-order valence-electron chi connectivity index (χ3n) is 4.01. The summed E-state index contributed by atoms with van der Waals surface area (Å²) >= 11 is 0. The number of hydrogen-bond donors (Lipinski definition) is 1. The van der Waals surface area contributed by atoms with Gasteiger partial charge in [-0.05, 0) is 12.5 Å². The Kier molecular flexibility index (Phi) is 5.90. The number of rotatable bonds is 8. The second-order valence-corrected chi connectivity index (χ2v) is 7.34. The van der Waals surface area contributed by atoms with Crippen LogP contribution in [0.1, 0.15) is 19.6 Å². The Morgan fingerprint density at radius 2 is 2.30 bits per heavy atom. The van der Waals surface area contributed by atoms with Gasteiger partial charge in [0.05, 0.1) is 31.7 Å². The molecule has 0 spiro atoms. The molecule has 14 heteroatoms. The maximum Gasteiger partial charge on any atom is 0.474 e. The van der Waals surface area contributed by atoms with E-state index in [2.05, 4.69) is 25.0 Å². The molecule has 4 atom stereocenters. The predicted octanol–water partition coefficient (Wildman–Crippen LogP) is 2.18. The average Bonchev–Trinajstić information content (AvgIpc) is 3.25. The van der Waals surface area contributed by atoms with Crippen molar-refractivity contribution < 1.29 is 22.9 Å². The number of azide groups is 1. The van der Waals surface area contributed by atoms with Gasteiger partial charge >= 0.3 is 7.82 Å². The van der Waals surface area contributed by atoms with Crippen molar-refractivity contribution in [3.8, 4) is 0 Å². The number of ether oxygens (including phenoxy) is 1. The van der Waals surface area contributed by atoms with E-state index in [1.54, 1.807) is 11.5 Å². The van der Waals surface area contributed by atoms with Gasteiger partial charge in [-0.3, -0.25) is 18.1 Å². The quantitative estimate of drug-likeness (QED) is 0.302. The maximum absolute atomic E-state index is 12.3. The van der Waals surface area contributed by atoms with E-state index in [0.717, 1.165) is 0 Å². The van der Waals surface area contributed by atoms with Crippen LogP contribution in [0.4, 0.5) is 5.82 Å². The SMILES string of the molecule is CCOP(=O)(OC)OC[C@H]1O[C@@H](n2cnc3c(N)ncnc32)CC1N=[N+]=[N-]. The van der Waals surface area contributed by atoms with Crippen LogP contribution < -0.4 is 5.73 Å². The zero-order valence-electron chi connectivity index (χ0n) is 14.7. The van der Waals surface area contributed by atoms with Crippen molar-refractivity contribution in [3.05, 3.63) is 23.1 Å². The third-order valence-corrected chi connectivity index (χ3v) is 5.50. The Labute approximate surface area is 154 Å². The lowest BCUT2D eigenvalue weighted by molar-refractivity contribution is -0.0255. The van der Waals surface area contributed by atoms with Crippen molar-refractivity contribution in [1.82, 2.24) is 19.5 Å². The van der Waals surface area contributed by atoms with E-state index < -0.39 is 26.2 Å². The van der Waals surface area contributed by atoms with Crippen molar-refractivity contribution in [2.75, 3.05) is 26.1 Å². The summed E-state index contributed by atoms with van der Waals surface area (Å²) in [5.74, 6) is 0.251. The normalized spacial score (nSPS) is 24.6. The molecule has 0 aromatic carbocycles. The van der Waals surface area contributed by atoms with Gasteiger partial charge in [0.1, 0.15) is 18.1 Å². The van der Waals surface area contributed by atoms with Gasteiger partial charge in [0, 0.05) is 18.4 Å². The molecule has 1 saturated heterocycles. The van der Waals surface area contributed by atoms with Crippen LogP contribution in [0.15, 0.2) is 17.8 Å². The molecule has 0 radical (unpaired) electrons. The third kappa shape index (κ3) is 4.03. The molecule has 3 rings (SSSR count). The Hall–Kier alpha value is -2.27. The summed E-state index contributed by atoms with van der Waals surface area (Å²) in [5, 5.41) is 3.75. The summed E-state index contributed by atoms with van der Waals surface area (Å²) in [4.78, 5) is 15.1. The number of phosphoric acid groups is 1. The zero-order valence-corrected chi connectivity index (χ0v) is 15.6. The molecule has 2 aromatic heterocycles. The molecule has 1 aliphatic heterocycles. The molecule has 3 heterocycles. The van der Waals surface area contributed by atoms with E-state index in [1.165, 1.54) is 19.8 Å². The van der Waals surface area contributed by atoms with E-state index in [1.807, 2.05) is 0 Å². The monoisotopic (exact) mass is 398 g/mol. The molecule has 0 bridgehead atoms. The standard InChI is InChI=1S/C13H19N8O5P/c1-3-24-27(22,23-2)25-5-9-8(19-20-15)4-10(26-9)21-7-18-11-12(14)16-6-17-13(11)21/h6-10H,3-5H2,1-2H3,(H2,14,16,17)/t8?,9-,10-,27?/m1/s1. The number of fused-ring (bicyclic) bond motifs is 1. The van der Waals surface area contributed by atoms with Gasteiger partial charge in [-0.25, -0.2) is 19.5 Å². The van der Waals surface area contributed by atoms with E-state index in [0.29, 0.717) is 17.6 Å². The maximum atomic E-state index is 12.3. The summed E-state index contributed by atoms with van der Waals surface area (Å²) in [7, 11) is -2.47. The van der Waals surface area contributed by atoms with Crippen molar-refractivity contribution in [2.45, 2.75) is 31.7 Å². The summed E-state index contributed by atoms with van der Waals surface area (Å²) in [6.45, 7) is 1.67. The summed E-state index contributed by atoms with van der Waals surface area (Å²) in [6.07, 6.45) is 2.01. The first kappa shape index (κ1) is 19.5. The number of nitrogens with two attached hydrogens (primary N) is 1. The number of nitrogens with zero attached hydrogens (tertiary/aromatic N) is 7. The molecule has 1 aliphatic rings. The fourth-order valence-electron chi connectivity index (χ4n) is 2.77. The van der Waals surface area contributed by atoms with Gasteiger partial charge < -0.3 is 10.5 Å². The minimum Gasteiger partial charge on any atom is -0.382 e. The van der Waals surface area contributed by atoms with Gasteiger partial charge in [0.25, 0.3) is 0 Å². The van der Waals surface area contributed by atoms with Gasteiger partial charge in [0.2, 0.25) is 0 Å². The molecule has 2 unspecified atom stereocenters. The summed E-state index contributed by atoms with van der Waals surface area (Å²) < 4.78 is 35.0. The number of nitrogen functional groups attached to an aromatic ring is 1. The van der Waals surface area contributed by atoms with Gasteiger partial charge in [-0.15, -0.1) is 0 Å². The van der Waals surface area contributed by atoms with E-state index >= 15 is 0 Å². The largest absolute Gasteiger partial charge is 0.474 e. The van der Waals surface area contributed by atoms with E-state index in [9.17, 15) is 4.57 Å². The average molecular weight is 398 g/mol. The van der Waals surface area contributed by atoms with Crippen molar-refractivity contribution in [2.24, 2.45) is 5.11 Å². The Balaban J connectivity index is 1.79. The summed E-state index contributed by atoms with van der Waals surface area (Å²) in [6, 6.07) is -0.552. The highest BCUT2D eigenvalue weighted by Crippen LogP contribution is 2.49. The highest BCUT2D eigenvalue weighted by atomic mass is 31.2. The van der Waals surface area contributed by atoms with E-state index in [4.69, 9.17) is 29.6 Å². The molecule has 27 heavy (non-hydrogen) atoms. The number of hydrogen-bond acceptors (Lipinski definition) is 10. The minimum atomic E-state index is -3.69. The predicted molar refractivity (Wildman–Crippen MR) is 93.4 cm³/mol. The molecule has 2 N–H and O–H groups in total. The zero-order chi connectivity index (χ0) is 19.4.